The number of hydrogen-bond donors (Lipinski definition) is 1. The van der Waals surface area contributed by atoms with Crippen LogP contribution in [0.2, 0.25) is 0 Å². The first-order chi connectivity index (χ1) is 15.2. The van der Waals surface area contributed by atoms with Crippen molar-refractivity contribution in [3.05, 3.63) is 76.9 Å². The van der Waals surface area contributed by atoms with Gasteiger partial charge in [0.1, 0.15) is 5.76 Å². The molecule has 0 spiro atoms. The van der Waals surface area contributed by atoms with E-state index in [2.05, 4.69) is 0 Å². The SMILES string of the molecule is COC(=O)c1ccc(C2/C(=C(/O)c3ccccc3)C(=O)C(=O)N2C2CCS(=O)(=O)C2)cc1. The summed E-state index contributed by atoms with van der Waals surface area (Å²) in [5, 5.41) is 11.0. The number of aliphatic hydroxyl groups excluding tert-OH is 1. The zero-order valence-corrected chi connectivity index (χ0v) is 18.0. The third-order valence-electron chi connectivity index (χ3n) is 5.78. The molecule has 1 amide bonds. The maximum absolute atomic E-state index is 13.0. The summed E-state index contributed by atoms with van der Waals surface area (Å²) in [5.41, 5.74) is 0.996. The summed E-state index contributed by atoms with van der Waals surface area (Å²) in [7, 11) is -2.08. The molecular weight excluding hydrogens is 434 g/mol. The molecule has 2 saturated heterocycles. The molecule has 0 saturated carbocycles. The molecule has 1 N–H and O–H groups in total. The van der Waals surface area contributed by atoms with E-state index in [-0.39, 0.29) is 34.8 Å². The normalized spacial score (nSPS) is 24.0. The zero-order chi connectivity index (χ0) is 23.0. The van der Waals surface area contributed by atoms with Gasteiger partial charge in [0.05, 0.1) is 35.8 Å². The third-order valence-corrected chi connectivity index (χ3v) is 7.53. The molecule has 0 bridgehead atoms. The number of benzene rings is 2. The van der Waals surface area contributed by atoms with Crippen molar-refractivity contribution >= 4 is 33.3 Å². The van der Waals surface area contributed by atoms with Gasteiger partial charge in [-0.15, -0.1) is 0 Å². The van der Waals surface area contributed by atoms with E-state index in [0.29, 0.717) is 11.1 Å². The van der Waals surface area contributed by atoms with Crippen molar-refractivity contribution in [3.63, 3.8) is 0 Å². The Morgan fingerprint density at radius 3 is 2.25 bits per heavy atom. The van der Waals surface area contributed by atoms with E-state index < -0.39 is 39.6 Å². The lowest BCUT2D eigenvalue weighted by molar-refractivity contribution is -0.141. The molecule has 2 atom stereocenters. The number of carbonyl (C=O) groups excluding carboxylic acids is 3. The van der Waals surface area contributed by atoms with Gasteiger partial charge in [-0.2, -0.15) is 0 Å². The Morgan fingerprint density at radius 2 is 1.69 bits per heavy atom. The number of ether oxygens (including phenoxy) is 1. The van der Waals surface area contributed by atoms with Crippen LogP contribution in [0.5, 0.6) is 0 Å². The number of sulfone groups is 1. The van der Waals surface area contributed by atoms with Crippen LogP contribution in [0.25, 0.3) is 5.76 Å². The second kappa shape index (κ2) is 8.23. The maximum atomic E-state index is 13.0. The topological polar surface area (TPSA) is 118 Å². The number of carbonyl (C=O) groups is 3. The third kappa shape index (κ3) is 3.80. The van der Waals surface area contributed by atoms with E-state index in [4.69, 9.17) is 4.74 Å². The Labute approximate surface area is 185 Å². The molecule has 8 nitrogen and oxygen atoms in total. The number of rotatable bonds is 4. The maximum Gasteiger partial charge on any atom is 0.337 e. The fourth-order valence-electron chi connectivity index (χ4n) is 4.22. The molecule has 2 heterocycles. The molecular formula is C23H21NO7S. The second-order valence-electron chi connectivity index (χ2n) is 7.74. The van der Waals surface area contributed by atoms with Gasteiger partial charge in [-0.25, -0.2) is 13.2 Å². The molecule has 166 valence electrons. The van der Waals surface area contributed by atoms with Gasteiger partial charge in [-0.05, 0) is 24.1 Å². The van der Waals surface area contributed by atoms with Crippen molar-refractivity contribution in [3.8, 4) is 0 Å². The lowest BCUT2D eigenvalue weighted by atomic mass is 9.94. The fourth-order valence-corrected chi connectivity index (χ4v) is 5.93. The minimum absolute atomic E-state index is 0.0760. The molecule has 32 heavy (non-hydrogen) atoms. The summed E-state index contributed by atoms with van der Waals surface area (Å²) < 4.78 is 28.9. The smallest absolute Gasteiger partial charge is 0.337 e. The Kier molecular flexibility index (Phi) is 5.60. The van der Waals surface area contributed by atoms with Crippen molar-refractivity contribution < 1.29 is 32.6 Å². The summed E-state index contributed by atoms with van der Waals surface area (Å²) >= 11 is 0. The zero-order valence-electron chi connectivity index (χ0n) is 17.2. The number of nitrogens with zero attached hydrogens (tertiary/aromatic N) is 1. The number of esters is 1. The number of Topliss-reactive ketones (excluding diaryl/α,β-unsaturated/α-hetero) is 1. The number of methoxy groups -OCH3 is 1. The first kappa shape index (κ1) is 21.8. The summed E-state index contributed by atoms with van der Waals surface area (Å²) in [5.74, 6) is -2.94. The van der Waals surface area contributed by atoms with Crippen LogP contribution in [-0.4, -0.2) is 60.7 Å². The van der Waals surface area contributed by atoms with Crippen LogP contribution in [0.15, 0.2) is 60.2 Å². The van der Waals surface area contributed by atoms with Crippen LogP contribution in [0.3, 0.4) is 0 Å². The molecule has 2 fully saturated rings. The molecule has 2 aliphatic rings. The van der Waals surface area contributed by atoms with E-state index in [1.807, 2.05) is 0 Å². The van der Waals surface area contributed by atoms with Gasteiger partial charge < -0.3 is 14.7 Å². The highest BCUT2D eigenvalue weighted by Crippen LogP contribution is 2.42. The van der Waals surface area contributed by atoms with Gasteiger partial charge >= 0.3 is 5.97 Å². The fraction of sp³-hybridized carbons (Fsp3) is 0.261. The highest BCUT2D eigenvalue weighted by Gasteiger charge is 2.50. The summed E-state index contributed by atoms with van der Waals surface area (Å²) in [4.78, 5) is 39.1. The van der Waals surface area contributed by atoms with Gasteiger partial charge in [-0.1, -0.05) is 42.5 Å². The molecule has 2 aromatic carbocycles. The van der Waals surface area contributed by atoms with Gasteiger partial charge in [-0.3, -0.25) is 9.59 Å². The molecule has 0 radical (unpaired) electrons. The average molecular weight is 455 g/mol. The Hall–Kier alpha value is -3.46. The first-order valence-electron chi connectivity index (χ1n) is 9.97. The summed E-state index contributed by atoms with van der Waals surface area (Å²) in [6, 6.07) is 12.8. The van der Waals surface area contributed by atoms with Gasteiger partial charge in [0, 0.05) is 11.6 Å². The predicted octanol–water partition coefficient (Wildman–Crippen LogP) is 2.08. The Bertz CT molecular complexity index is 1220. The van der Waals surface area contributed by atoms with Crippen LogP contribution in [0.1, 0.15) is 33.9 Å². The molecule has 4 rings (SSSR count). The minimum atomic E-state index is -3.34. The Morgan fingerprint density at radius 1 is 1.03 bits per heavy atom. The van der Waals surface area contributed by atoms with Crippen molar-refractivity contribution in [2.75, 3.05) is 18.6 Å². The highest BCUT2D eigenvalue weighted by atomic mass is 32.2. The lowest BCUT2D eigenvalue weighted by Gasteiger charge is -2.30. The van der Waals surface area contributed by atoms with Crippen molar-refractivity contribution in [1.82, 2.24) is 4.90 Å². The van der Waals surface area contributed by atoms with E-state index in [1.54, 1.807) is 42.5 Å². The first-order valence-corrected chi connectivity index (χ1v) is 11.8. The number of hydrogen-bond acceptors (Lipinski definition) is 7. The van der Waals surface area contributed by atoms with Crippen LogP contribution in [-0.2, 0) is 24.2 Å². The molecule has 0 aliphatic carbocycles. The van der Waals surface area contributed by atoms with E-state index >= 15 is 0 Å². The van der Waals surface area contributed by atoms with E-state index in [9.17, 15) is 27.9 Å². The van der Waals surface area contributed by atoms with Crippen LogP contribution < -0.4 is 0 Å². The summed E-state index contributed by atoms with van der Waals surface area (Å²) in [6.45, 7) is 0. The van der Waals surface area contributed by atoms with E-state index in [1.165, 1.54) is 24.1 Å². The molecule has 0 aromatic heterocycles. The molecule has 2 aliphatic heterocycles. The number of ketones is 1. The van der Waals surface area contributed by atoms with Crippen LogP contribution in [0, 0.1) is 0 Å². The minimum Gasteiger partial charge on any atom is -0.507 e. The highest BCUT2D eigenvalue weighted by molar-refractivity contribution is 7.91. The van der Waals surface area contributed by atoms with Gasteiger partial charge in [0.2, 0.25) is 0 Å². The second-order valence-corrected chi connectivity index (χ2v) is 9.97. The Balaban J connectivity index is 1.86. The predicted molar refractivity (Wildman–Crippen MR) is 115 cm³/mol. The van der Waals surface area contributed by atoms with Gasteiger partial charge in [0.15, 0.2) is 9.84 Å². The van der Waals surface area contributed by atoms with Crippen LogP contribution in [0.4, 0.5) is 0 Å². The quantitative estimate of drug-likeness (QED) is 0.325. The lowest BCUT2D eigenvalue weighted by Crippen LogP contribution is -2.40. The van der Waals surface area contributed by atoms with Gasteiger partial charge in [0.25, 0.3) is 11.7 Å². The van der Waals surface area contributed by atoms with E-state index in [0.717, 1.165) is 0 Å². The largest absolute Gasteiger partial charge is 0.507 e. The molecule has 9 heteroatoms. The number of amides is 1. The van der Waals surface area contributed by atoms with Crippen molar-refractivity contribution in [2.24, 2.45) is 0 Å². The molecule has 2 unspecified atom stereocenters. The number of likely N-dealkylation sites (tertiary alicyclic amines) is 1. The summed E-state index contributed by atoms with van der Waals surface area (Å²) in [6.07, 6.45) is 0.206. The average Bonchev–Trinajstić information content (AvgIpc) is 3.29. The number of aliphatic hydroxyl groups is 1. The van der Waals surface area contributed by atoms with Crippen molar-refractivity contribution in [1.29, 1.82) is 0 Å². The standard InChI is InChI=1S/C23H21NO7S/c1-31-23(28)16-9-7-14(8-10-16)19-18(20(25)15-5-3-2-4-6-15)21(26)22(27)24(19)17-11-12-32(29,30)13-17/h2-10,17,19,25H,11-13H2,1H3/b20-18-. The van der Waals surface area contributed by atoms with Crippen LogP contribution >= 0.6 is 0 Å². The monoisotopic (exact) mass is 455 g/mol. The van der Waals surface area contributed by atoms with Crippen molar-refractivity contribution in [2.45, 2.75) is 18.5 Å². The molecule has 2 aromatic rings.